The quantitative estimate of drug-likeness (QED) is 0.619. The van der Waals surface area contributed by atoms with Crippen molar-refractivity contribution in [3.63, 3.8) is 0 Å². The molecule has 0 aliphatic carbocycles. The van der Waals surface area contributed by atoms with Gasteiger partial charge in [-0.05, 0) is 12.1 Å². The Bertz CT molecular complexity index is 522. The number of methoxy groups -OCH3 is 1. The molecule has 0 N–H and O–H groups in total. The van der Waals surface area contributed by atoms with Gasteiger partial charge in [0.2, 0.25) is 11.7 Å². The summed E-state index contributed by atoms with van der Waals surface area (Å²) in [7, 11) is 1.34. The molecule has 17 heavy (non-hydrogen) atoms. The molecule has 0 atom stereocenters. The molecular formula is C11H9ClN2O3. The molecule has 2 rings (SSSR count). The van der Waals surface area contributed by atoms with E-state index in [9.17, 15) is 4.79 Å². The molecule has 1 aromatic heterocycles. The fourth-order valence-electron chi connectivity index (χ4n) is 1.30. The van der Waals surface area contributed by atoms with Crippen molar-refractivity contribution in [1.29, 1.82) is 0 Å². The van der Waals surface area contributed by atoms with Crippen molar-refractivity contribution in [3.8, 4) is 11.4 Å². The summed E-state index contributed by atoms with van der Waals surface area (Å²) in [5, 5.41) is 3.77. The fourth-order valence-corrected chi connectivity index (χ4v) is 1.41. The maximum absolute atomic E-state index is 11.2. The summed E-state index contributed by atoms with van der Waals surface area (Å²) in [5.74, 6) is 0.592. The second-order valence-corrected chi connectivity index (χ2v) is 3.48. The van der Waals surface area contributed by atoms with E-state index in [0.29, 0.717) is 17.3 Å². The number of hydrogen-bond acceptors (Lipinski definition) is 5. The van der Waals surface area contributed by atoms with E-state index in [0.717, 1.165) is 5.56 Å². The number of nitrogens with zero attached hydrogens (tertiary/aromatic N) is 2. The zero-order valence-electron chi connectivity index (χ0n) is 9.01. The van der Waals surface area contributed by atoms with Gasteiger partial charge in [0.25, 0.3) is 0 Å². The summed E-state index contributed by atoms with van der Waals surface area (Å²) in [6, 6.07) is 6.71. The Morgan fingerprint density at radius 2 is 2.12 bits per heavy atom. The number of hydrogen-bond donors (Lipinski definition) is 0. The Hall–Kier alpha value is -1.88. The van der Waals surface area contributed by atoms with Crippen LogP contribution >= 0.6 is 11.6 Å². The summed E-state index contributed by atoms with van der Waals surface area (Å²) in [5.41, 5.74) is 1.22. The summed E-state index contributed by atoms with van der Waals surface area (Å²) in [6.45, 7) is 0. The van der Waals surface area contributed by atoms with E-state index in [-0.39, 0.29) is 11.8 Å². The minimum absolute atomic E-state index is 0.174. The van der Waals surface area contributed by atoms with Gasteiger partial charge in [0.15, 0.2) is 0 Å². The molecule has 0 bridgehead atoms. The zero-order valence-corrected chi connectivity index (χ0v) is 9.77. The highest BCUT2D eigenvalue weighted by atomic mass is 35.5. The maximum atomic E-state index is 11.2. The number of aromatic nitrogens is 2. The predicted octanol–water partition coefficient (Wildman–Crippen LogP) is 2.26. The van der Waals surface area contributed by atoms with Crippen molar-refractivity contribution in [3.05, 3.63) is 35.7 Å². The molecule has 0 aliphatic heterocycles. The minimum Gasteiger partial charge on any atom is -0.465 e. The van der Waals surface area contributed by atoms with Crippen molar-refractivity contribution in [1.82, 2.24) is 10.1 Å². The highest BCUT2D eigenvalue weighted by molar-refractivity contribution is 6.16. The van der Waals surface area contributed by atoms with Crippen LogP contribution < -0.4 is 0 Å². The number of benzene rings is 1. The Morgan fingerprint density at radius 3 is 2.65 bits per heavy atom. The maximum Gasteiger partial charge on any atom is 0.337 e. The number of carbonyl (C=O) groups is 1. The Balaban J connectivity index is 2.25. The third kappa shape index (κ3) is 2.45. The second kappa shape index (κ2) is 4.97. The van der Waals surface area contributed by atoms with Crippen LogP contribution in [0.15, 0.2) is 28.8 Å². The second-order valence-electron chi connectivity index (χ2n) is 3.21. The third-order valence-corrected chi connectivity index (χ3v) is 2.38. The first-order valence-electron chi connectivity index (χ1n) is 4.82. The Morgan fingerprint density at radius 1 is 1.41 bits per heavy atom. The van der Waals surface area contributed by atoms with Gasteiger partial charge in [0, 0.05) is 5.56 Å². The SMILES string of the molecule is COC(=O)c1ccc(-c2noc(CCl)n2)cc1. The molecule has 0 radical (unpaired) electrons. The normalized spacial score (nSPS) is 10.2. The topological polar surface area (TPSA) is 65.2 Å². The largest absolute Gasteiger partial charge is 0.465 e. The van der Waals surface area contributed by atoms with Crippen LogP contribution in [0.2, 0.25) is 0 Å². The molecule has 0 spiro atoms. The lowest BCUT2D eigenvalue weighted by atomic mass is 10.1. The molecule has 88 valence electrons. The van der Waals surface area contributed by atoms with Crippen molar-refractivity contribution < 1.29 is 14.1 Å². The van der Waals surface area contributed by atoms with E-state index in [1.165, 1.54) is 7.11 Å². The van der Waals surface area contributed by atoms with Gasteiger partial charge >= 0.3 is 5.97 Å². The van der Waals surface area contributed by atoms with Crippen molar-refractivity contribution >= 4 is 17.6 Å². The lowest BCUT2D eigenvalue weighted by Crippen LogP contribution is -2.00. The standard InChI is InChI=1S/C11H9ClN2O3/c1-16-11(15)8-4-2-7(3-5-8)10-13-9(6-12)17-14-10/h2-5H,6H2,1H3. The van der Waals surface area contributed by atoms with Gasteiger partial charge in [-0.2, -0.15) is 4.98 Å². The Kier molecular flexibility index (Phi) is 3.39. The van der Waals surface area contributed by atoms with Crippen LogP contribution in [0.5, 0.6) is 0 Å². The lowest BCUT2D eigenvalue weighted by Gasteiger charge is -1.99. The summed E-state index contributed by atoms with van der Waals surface area (Å²) in [6.07, 6.45) is 0. The first kappa shape index (κ1) is 11.6. The fraction of sp³-hybridized carbons (Fsp3) is 0.182. The van der Waals surface area contributed by atoms with E-state index >= 15 is 0 Å². The number of esters is 1. The van der Waals surface area contributed by atoms with Crippen molar-refractivity contribution in [2.24, 2.45) is 0 Å². The molecule has 6 heteroatoms. The van der Waals surface area contributed by atoms with Crippen molar-refractivity contribution in [2.45, 2.75) is 5.88 Å². The molecule has 1 heterocycles. The van der Waals surface area contributed by atoms with Gasteiger partial charge in [-0.3, -0.25) is 0 Å². The van der Waals surface area contributed by atoms with Crippen LogP contribution in [0.3, 0.4) is 0 Å². The lowest BCUT2D eigenvalue weighted by molar-refractivity contribution is 0.0601. The van der Waals surface area contributed by atoms with Gasteiger partial charge in [-0.25, -0.2) is 4.79 Å². The number of halogens is 1. The molecule has 0 amide bonds. The van der Waals surface area contributed by atoms with Gasteiger partial charge in [-0.1, -0.05) is 17.3 Å². The van der Waals surface area contributed by atoms with Crippen LogP contribution in [-0.2, 0) is 10.6 Å². The monoisotopic (exact) mass is 252 g/mol. The van der Waals surface area contributed by atoms with Crippen molar-refractivity contribution in [2.75, 3.05) is 7.11 Å². The van der Waals surface area contributed by atoms with E-state index < -0.39 is 0 Å². The average molecular weight is 253 g/mol. The highest BCUT2D eigenvalue weighted by Gasteiger charge is 2.09. The van der Waals surface area contributed by atoms with Gasteiger partial charge < -0.3 is 9.26 Å². The molecule has 5 nitrogen and oxygen atoms in total. The predicted molar refractivity (Wildman–Crippen MR) is 60.6 cm³/mol. The summed E-state index contributed by atoms with van der Waals surface area (Å²) < 4.78 is 9.48. The number of ether oxygens (including phenoxy) is 1. The third-order valence-electron chi connectivity index (χ3n) is 2.15. The van der Waals surface area contributed by atoms with E-state index in [1.807, 2.05) is 0 Å². The van der Waals surface area contributed by atoms with Gasteiger partial charge in [0.05, 0.1) is 12.7 Å². The molecule has 0 saturated heterocycles. The molecular weight excluding hydrogens is 244 g/mol. The zero-order chi connectivity index (χ0) is 12.3. The average Bonchev–Trinajstić information content (AvgIpc) is 2.87. The Labute approximate surface area is 102 Å². The molecule has 0 saturated carbocycles. The first-order chi connectivity index (χ1) is 8.24. The smallest absolute Gasteiger partial charge is 0.337 e. The van der Waals surface area contributed by atoms with E-state index in [4.69, 9.17) is 16.1 Å². The molecule has 0 fully saturated rings. The minimum atomic E-state index is -0.383. The van der Waals surface area contributed by atoms with Crippen LogP contribution in [0.1, 0.15) is 16.2 Å². The summed E-state index contributed by atoms with van der Waals surface area (Å²) in [4.78, 5) is 15.3. The van der Waals surface area contributed by atoms with Crippen LogP contribution in [0.25, 0.3) is 11.4 Å². The molecule has 0 aliphatic rings. The van der Waals surface area contributed by atoms with E-state index in [2.05, 4.69) is 14.9 Å². The van der Waals surface area contributed by atoms with Gasteiger partial charge in [0.1, 0.15) is 5.88 Å². The number of rotatable bonds is 3. The van der Waals surface area contributed by atoms with Crippen LogP contribution in [0, 0.1) is 0 Å². The van der Waals surface area contributed by atoms with Gasteiger partial charge in [-0.15, -0.1) is 11.6 Å². The number of carbonyl (C=O) groups excluding carboxylic acids is 1. The van der Waals surface area contributed by atoms with Crippen LogP contribution in [0.4, 0.5) is 0 Å². The molecule has 0 unspecified atom stereocenters. The first-order valence-corrected chi connectivity index (χ1v) is 5.35. The summed E-state index contributed by atoms with van der Waals surface area (Å²) >= 11 is 5.56. The highest BCUT2D eigenvalue weighted by Crippen LogP contribution is 2.17. The molecule has 2 aromatic rings. The molecule has 1 aromatic carbocycles. The number of alkyl halides is 1. The van der Waals surface area contributed by atoms with Crippen LogP contribution in [-0.4, -0.2) is 23.2 Å². The van der Waals surface area contributed by atoms with E-state index in [1.54, 1.807) is 24.3 Å².